The third kappa shape index (κ3) is 5.08. The minimum Gasteiger partial charge on any atom is -0.394 e. The first-order valence-electron chi connectivity index (χ1n) is 13.5. The lowest BCUT2D eigenvalue weighted by atomic mass is 9.83. The van der Waals surface area contributed by atoms with Crippen molar-refractivity contribution in [2.75, 3.05) is 32.8 Å². The minimum atomic E-state index is -3.69. The Morgan fingerprint density at radius 1 is 1.06 bits per heavy atom. The van der Waals surface area contributed by atoms with Crippen molar-refractivity contribution in [1.82, 2.24) is 14.1 Å². The number of piperazine rings is 1. The molecular formula is C27H40ClN3O4S. The average Bonchev–Trinajstić information content (AvgIpc) is 3.80. The molecule has 0 unspecified atom stereocenters. The highest BCUT2D eigenvalue weighted by molar-refractivity contribution is 7.89. The molecule has 1 aromatic carbocycles. The second-order valence-electron chi connectivity index (χ2n) is 12.0. The van der Waals surface area contributed by atoms with Crippen molar-refractivity contribution >= 4 is 27.5 Å². The van der Waals surface area contributed by atoms with E-state index in [1.165, 1.54) is 0 Å². The van der Waals surface area contributed by atoms with Crippen molar-refractivity contribution in [2.45, 2.75) is 87.7 Å². The second kappa shape index (κ2) is 9.84. The van der Waals surface area contributed by atoms with Crippen LogP contribution in [0.3, 0.4) is 0 Å². The molecule has 0 bridgehead atoms. The van der Waals surface area contributed by atoms with Crippen molar-refractivity contribution in [1.29, 1.82) is 0 Å². The molecule has 7 nitrogen and oxygen atoms in total. The lowest BCUT2D eigenvalue weighted by Crippen LogP contribution is -2.58. The van der Waals surface area contributed by atoms with Crippen molar-refractivity contribution in [3.05, 3.63) is 29.3 Å². The number of hydrogen-bond donors (Lipinski definition) is 1. The summed E-state index contributed by atoms with van der Waals surface area (Å²) in [6, 6.07) is 6.43. The summed E-state index contributed by atoms with van der Waals surface area (Å²) in [5.74, 6) is 0.579. The first-order valence-corrected chi connectivity index (χ1v) is 15.3. The van der Waals surface area contributed by atoms with Crippen molar-refractivity contribution < 1.29 is 18.3 Å². The Morgan fingerprint density at radius 3 is 2.25 bits per heavy atom. The van der Waals surface area contributed by atoms with Crippen LogP contribution in [0.15, 0.2) is 29.2 Å². The Balaban J connectivity index is 1.34. The van der Waals surface area contributed by atoms with Crippen LogP contribution in [0.4, 0.5) is 0 Å². The molecular weight excluding hydrogens is 498 g/mol. The standard InChI is InChI=1S/C27H40ClN3O4S/c1-26(2,19-32)30-16-14-29(15-17-30)25(33)18-27(12-13-27)24-5-3-4-23(20-6-7-20)31(24)36(34,35)22-10-8-21(28)9-11-22/h8-11,20,23-24,32H,3-7,12-19H2,1-2H3/t23-,24+/m1/s1. The van der Waals surface area contributed by atoms with Crippen LogP contribution in [0.2, 0.25) is 5.02 Å². The Morgan fingerprint density at radius 2 is 1.69 bits per heavy atom. The Kier molecular flexibility index (Phi) is 7.22. The lowest BCUT2D eigenvalue weighted by molar-refractivity contribution is -0.136. The van der Waals surface area contributed by atoms with E-state index in [0.717, 1.165) is 58.0 Å². The van der Waals surface area contributed by atoms with Crippen LogP contribution in [-0.2, 0) is 14.8 Å². The van der Waals surface area contributed by atoms with Crippen LogP contribution in [0.5, 0.6) is 0 Å². The molecule has 2 atom stereocenters. The maximum atomic E-state index is 14.0. The molecule has 9 heteroatoms. The van der Waals surface area contributed by atoms with Gasteiger partial charge in [0.2, 0.25) is 15.9 Å². The third-order valence-corrected chi connectivity index (χ3v) is 11.3. The summed E-state index contributed by atoms with van der Waals surface area (Å²) in [7, 11) is -3.69. The lowest BCUT2D eigenvalue weighted by Gasteiger charge is -2.46. The zero-order chi connectivity index (χ0) is 25.7. The van der Waals surface area contributed by atoms with Crippen LogP contribution in [0.1, 0.15) is 65.2 Å². The van der Waals surface area contributed by atoms with Gasteiger partial charge in [0.05, 0.1) is 11.5 Å². The van der Waals surface area contributed by atoms with Gasteiger partial charge in [-0.2, -0.15) is 4.31 Å². The maximum absolute atomic E-state index is 14.0. The molecule has 5 rings (SSSR count). The molecule has 36 heavy (non-hydrogen) atoms. The fourth-order valence-corrected chi connectivity index (χ4v) is 8.59. The number of carbonyl (C=O) groups excluding carboxylic acids is 1. The molecule has 0 aromatic heterocycles. The number of halogens is 1. The molecule has 2 saturated heterocycles. The Bertz CT molecular complexity index is 1060. The number of piperidine rings is 1. The SMILES string of the molecule is CC(C)(CO)N1CCN(C(=O)CC2([C@@H]3CCC[C@H](C4CC4)N3S(=O)(=O)c3ccc(Cl)cc3)CC2)CC1. The Labute approximate surface area is 220 Å². The van der Waals surface area contributed by atoms with Crippen LogP contribution in [0, 0.1) is 11.3 Å². The van der Waals surface area contributed by atoms with E-state index in [1.54, 1.807) is 24.3 Å². The monoisotopic (exact) mass is 537 g/mol. The van der Waals surface area contributed by atoms with Gasteiger partial charge in [-0.15, -0.1) is 0 Å². The number of hydrogen-bond acceptors (Lipinski definition) is 5. The second-order valence-corrected chi connectivity index (χ2v) is 14.3. The summed E-state index contributed by atoms with van der Waals surface area (Å²) in [6.45, 7) is 6.94. The van der Waals surface area contributed by atoms with Gasteiger partial charge < -0.3 is 10.0 Å². The zero-order valence-electron chi connectivity index (χ0n) is 21.5. The number of aliphatic hydroxyl groups excluding tert-OH is 1. The van der Waals surface area contributed by atoms with Gasteiger partial charge >= 0.3 is 0 Å². The summed E-state index contributed by atoms with van der Waals surface area (Å²) in [5.41, 5.74) is -0.547. The smallest absolute Gasteiger partial charge is 0.243 e. The number of carbonyl (C=O) groups is 1. The maximum Gasteiger partial charge on any atom is 0.243 e. The van der Waals surface area contributed by atoms with Gasteiger partial charge in [0, 0.05) is 55.2 Å². The fourth-order valence-electron chi connectivity index (χ4n) is 6.44. The normalized spacial score (nSPS) is 27.7. The molecule has 0 spiro atoms. The average molecular weight is 538 g/mol. The van der Waals surface area contributed by atoms with Crippen LogP contribution >= 0.6 is 11.6 Å². The number of rotatable bonds is 8. The van der Waals surface area contributed by atoms with E-state index in [-0.39, 0.29) is 35.6 Å². The molecule has 1 amide bonds. The number of aliphatic hydroxyl groups is 1. The summed E-state index contributed by atoms with van der Waals surface area (Å²) in [5, 5.41) is 10.2. The van der Waals surface area contributed by atoms with Crippen molar-refractivity contribution in [3.8, 4) is 0 Å². The van der Waals surface area contributed by atoms with E-state index in [1.807, 2.05) is 23.1 Å². The quantitative estimate of drug-likeness (QED) is 0.546. The van der Waals surface area contributed by atoms with Crippen molar-refractivity contribution in [3.63, 3.8) is 0 Å². The van der Waals surface area contributed by atoms with E-state index in [4.69, 9.17) is 11.6 Å². The highest BCUT2D eigenvalue weighted by Gasteiger charge is 2.58. The Hall–Kier alpha value is -1.19. The largest absolute Gasteiger partial charge is 0.394 e. The molecule has 200 valence electrons. The highest BCUT2D eigenvalue weighted by Crippen LogP contribution is 2.58. The van der Waals surface area contributed by atoms with E-state index < -0.39 is 10.0 Å². The van der Waals surface area contributed by atoms with Crippen molar-refractivity contribution in [2.24, 2.45) is 11.3 Å². The highest BCUT2D eigenvalue weighted by atomic mass is 35.5. The van der Waals surface area contributed by atoms with Crippen LogP contribution in [0.25, 0.3) is 0 Å². The molecule has 4 fully saturated rings. The first-order chi connectivity index (χ1) is 17.1. The van der Waals surface area contributed by atoms with Gasteiger partial charge in [0.15, 0.2) is 0 Å². The molecule has 1 N–H and O–H groups in total. The van der Waals surface area contributed by atoms with Crippen LogP contribution in [-0.4, -0.2) is 83.9 Å². The summed E-state index contributed by atoms with van der Waals surface area (Å²) >= 11 is 6.06. The molecule has 0 radical (unpaired) electrons. The predicted octanol–water partition coefficient (Wildman–Crippen LogP) is 3.75. The van der Waals surface area contributed by atoms with E-state index in [9.17, 15) is 18.3 Å². The summed E-state index contributed by atoms with van der Waals surface area (Å²) in [6.07, 6.45) is 7.15. The summed E-state index contributed by atoms with van der Waals surface area (Å²) < 4.78 is 29.9. The van der Waals surface area contributed by atoms with E-state index in [0.29, 0.717) is 35.3 Å². The molecule has 2 aliphatic carbocycles. The predicted molar refractivity (Wildman–Crippen MR) is 140 cm³/mol. The van der Waals surface area contributed by atoms with E-state index in [2.05, 4.69) is 4.90 Å². The number of sulfonamides is 1. The first kappa shape index (κ1) is 26.4. The minimum absolute atomic E-state index is 0.0289. The van der Waals surface area contributed by atoms with Gasteiger partial charge in [-0.25, -0.2) is 8.42 Å². The van der Waals surface area contributed by atoms with Gasteiger partial charge in [0.1, 0.15) is 0 Å². The van der Waals surface area contributed by atoms with Crippen LogP contribution < -0.4 is 0 Å². The topological polar surface area (TPSA) is 81.2 Å². The van der Waals surface area contributed by atoms with Gasteiger partial charge in [-0.05, 0) is 88.0 Å². The third-order valence-electron chi connectivity index (χ3n) is 9.14. The molecule has 2 aliphatic heterocycles. The number of benzene rings is 1. The molecule has 2 heterocycles. The fraction of sp³-hybridized carbons (Fsp3) is 0.741. The number of amides is 1. The van der Waals surface area contributed by atoms with E-state index >= 15 is 0 Å². The van der Waals surface area contributed by atoms with Gasteiger partial charge in [-0.3, -0.25) is 9.69 Å². The van der Waals surface area contributed by atoms with Gasteiger partial charge in [-0.1, -0.05) is 18.0 Å². The number of nitrogens with zero attached hydrogens (tertiary/aromatic N) is 3. The molecule has 2 saturated carbocycles. The van der Waals surface area contributed by atoms with Gasteiger partial charge in [0.25, 0.3) is 0 Å². The molecule has 4 aliphatic rings. The summed E-state index contributed by atoms with van der Waals surface area (Å²) in [4.78, 5) is 18.0. The molecule has 1 aromatic rings. The zero-order valence-corrected chi connectivity index (χ0v) is 23.1.